The van der Waals surface area contributed by atoms with Crippen LogP contribution in [-0.2, 0) is 9.63 Å². The SMILES string of the molecule is CO[N+]1=CC=C([C@H]2CN([C@@H](C)C(=O)Nc3cnc(Oc4cc(F)c(F)cc4F)cn3)CCC2(F)F)C=I1. The van der Waals surface area contributed by atoms with Gasteiger partial charge in [0, 0.05) is 44.7 Å². The number of anilines is 1. The molecule has 0 bridgehead atoms. The van der Waals surface area contributed by atoms with Crippen LogP contribution in [-0.4, -0.2) is 66.1 Å². The Balaban J connectivity index is 1.39. The van der Waals surface area contributed by atoms with Gasteiger partial charge >= 0.3 is 0 Å². The number of rotatable bonds is 7. The molecule has 3 heterocycles. The fourth-order valence-electron chi connectivity index (χ4n) is 3.76. The predicted molar refractivity (Wildman–Crippen MR) is 133 cm³/mol. The number of nitrogens with one attached hydrogen (secondary N) is 1. The number of amides is 1. The van der Waals surface area contributed by atoms with Crippen molar-refractivity contribution in [2.24, 2.45) is 5.92 Å². The topological polar surface area (TPSA) is 79.6 Å². The molecule has 0 radical (unpaired) electrons. The van der Waals surface area contributed by atoms with Crippen LogP contribution in [0.1, 0.15) is 13.3 Å². The minimum Gasteiger partial charge on any atom is -0.434 e. The molecule has 2 aromatic rings. The van der Waals surface area contributed by atoms with Crippen LogP contribution in [0.5, 0.6) is 11.6 Å². The van der Waals surface area contributed by atoms with Crippen LogP contribution in [0.3, 0.4) is 0 Å². The lowest BCUT2D eigenvalue weighted by molar-refractivity contribution is -0.614. The van der Waals surface area contributed by atoms with Gasteiger partial charge in [0.25, 0.3) is 26.9 Å². The number of carbonyl (C=O) groups excluding carboxylic acids is 1. The Morgan fingerprint density at radius 3 is 2.62 bits per heavy atom. The number of piperidine rings is 1. The maximum Gasteiger partial charge on any atom is 0.293 e. The van der Waals surface area contributed by atoms with Gasteiger partial charge < -0.3 is 10.1 Å². The molecule has 0 aliphatic carbocycles. The Labute approximate surface area is 218 Å². The first-order valence-electron chi connectivity index (χ1n) is 11.0. The van der Waals surface area contributed by atoms with E-state index >= 15 is 0 Å². The molecule has 1 aromatic carbocycles. The molecule has 1 saturated heterocycles. The molecule has 1 aromatic heterocycles. The van der Waals surface area contributed by atoms with Gasteiger partial charge in [-0.3, -0.25) is 14.5 Å². The molecule has 1 N–H and O–H groups in total. The fraction of sp³-hybridized carbons (Fsp3) is 0.348. The molecule has 0 saturated carbocycles. The summed E-state index contributed by atoms with van der Waals surface area (Å²) in [6, 6.07) is 0.130. The van der Waals surface area contributed by atoms with Crippen LogP contribution in [0.2, 0.25) is 0 Å². The van der Waals surface area contributed by atoms with Gasteiger partial charge in [-0.05, 0) is 12.5 Å². The van der Waals surface area contributed by atoms with E-state index in [0.717, 1.165) is 12.4 Å². The van der Waals surface area contributed by atoms with Crippen molar-refractivity contribution in [3.63, 3.8) is 0 Å². The zero-order valence-corrected chi connectivity index (χ0v) is 21.8. The third kappa shape index (κ3) is 6.29. The van der Waals surface area contributed by atoms with E-state index in [9.17, 15) is 26.7 Å². The Morgan fingerprint density at radius 2 is 1.97 bits per heavy atom. The highest BCUT2D eigenvalue weighted by Gasteiger charge is 2.47. The van der Waals surface area contributed by atoms with Crippen LogP contribution in [0.4, 0.5) is 27.8 Å². The molecular formula is C23H22F5IN5O3+. The van der Waals surface area contributed by atoms with Crippen LogP contribution in [0.15, 0.2) is 36.2 Å². The number of ether oxygens (including phenoxy) is 1. The number of aromatic nitrogens is 2. The van der Waals surface area contributed by atoms with Crippen molar-refractivity contribution in [3.8, 4) is 11.6 Å². The van der Waals surface area contributed by atoms with Gasteiger partial charge in [-0.25, -0.2) is 31.9 Å². The number of carbonyl (C=O) groups is 1. The molecule has 0 spiro atoms. The van der Waals surface area contributed by atoms with Crippen molar-refractivity contribution in [1.29, 1.82) is 0 Å². The van der Waals surface area contributed by atoms with E-state index in [1.165, 1.54) is 7.11 Å². The van der Waals surface area contributed by atoms with Crippen LogP contribution < -0.4 is 10.1 Å². The first-order valence-corrected chi connectivity index (χ1v) is 13.2. The molecule has 198 valence electrons. The Hall–Kier alpha value is -3.01. The molecule has 1 fully saturated rings. The Bertz CT molecular complexity index is 1270. The molecule has 37 heavy (non-hydrogen) atoms. The Morgan fingerprint density at radius 1 is 1.22 bits per heavy atom. The highest BCUT2D eigenvalue weighted by Crippen LogP contribution is 2.39. The number of allylic oxidation sites excluding steroid dienone is 1. The fourth-order valence-corrected chi connectivity index (χ4v) is 5.58. The highest BCUT2D eigenvalue weighted by atomic mass is 127. The van der Waals surface area contributed by atoms with Crippen molar-refractivity contribution < 1.29 is 39.3 Å². The average Bonchev–Trinajstić information content (AvgIpc) is 2.88. The largest absolute Gasteiger partial charge is 0.434 e. The van der Waals surface area contributed by atoms with E-state index in [-0.39, 0.29) is 31.2 Å². The summed E-state index contributed by atoms with van der Waals surface area (Å²) in [6.45, 7) is 1.64. The van der Waals surface area contributed by atoms with E-state index in [0.29, 0.717) is 17.7 Å². The monoisotopic (exact) mass is 638 g/mol. The third-order valence-corrected chi connectivity index (χ3v) is 8.15. The number of nitrogens with zero attached hydrogens (tertiary/aromatic N) is 4. The zero-order valence-electron chi connectivity index (χ0n) is 19.6. The lowest BCUT2D eigenvalue weighted by atomic mass is 9.86. The average molecular weight is 638 g/mol. The summed E-state index contributed by atoms with van der Waals surface area (Å²) in [5.74, 6) is -9.01. The number of hydrogen-bond donors (Lipinski definition) is 1. The van der Waals surface area contributed by atoms with E-state index in [4.69, 9.17) is 9.57 Å². The number of alkyl halides is 2. The minimum absolute atomic E-state index is 0.00721. The maximum absolute atomic E-state index is 14.8. The number of benzene rings is 1. The van der Waals surface area contributed by atoms with Gasteiger partial charge in [0.2, 0.25) is 18.0 Å². The molecule has 0 unspecified atom stereocenters. The maximum atomic E-state index is 14.8. The highest BCUT2D eigenvalue weighted by molar-refractivity contribution is 14.1. The first-order chi connectivity index (χ1) is 17.6. The van der Waals surface area contributed by atoms with Crippen LogP contribution in [0, 0.1) is 23.4 Å². The van der Waals surface area contributed by atoms with Crippen molar-refractivity contribution in [3.05, 3.63) is 53.6 Å². The summed E-state index contributed by atoms with van der Waals surface area (Å²) in [4.78, 5) is 27.4. The summed E-state index contributed by atoms with van der Waals surface area (Å²) in [5, 5.41) is 2.56. The second-order valence-electron chi connectivity index (χ2n) is 8.24. The molecule has 2 aliphatic heterocycles. The lowest BCUT2D eigenvalue weighted by Gasteiger charge is -2.41. The van der Waals surface area contributed by atoms with E-state index in [1.807, 2.05) is 0 Å². The molecule has 2 atom stereocenters. The summed E-state index contributed by atoms with van der Waals surface area (Å²) in [7, 11) is 1.51. The van der Waals surface area contributed by atoms with E-state index in [2.05, 4.69) is 15.3 Å². The second kappa shape index (κ2) is 11.2. The van der Waals surface area contributed by atoms with Crippen molar-refractivity contribution >= 4 is 43.0 Å². The Kier molecular flexibility index (Phi) is 8.16. The molecule has 8 nitrogen and oxygen atoms in total. The second-order valence-corrected chi connectivity index (χ2v) is 10.4. The quantitative estimate of drug-likeness (QED) is 0.212. The number of hydrogen-bond acceptors (Lipinski definition) is 6. The third-order valence-electron chi connectivity index (χ3n) is 5.89. The van der Waals surface area contributed by atoms with Gasteiger partial charge in [-0.2, -0.15) is 0 Å². The molecule has 4 rings (SSSR count). The van der Waals surface area contributed by atoms with Gasteiger partial charge in [0.1, 0.15) is 7.11 Å². The van der Waals surface area contributed by atoms with Gasteiger partial charge in [0.05, 0.1) is 24.4 Å². The summed E-state index contributed by atoms with van der Waals surface area (Å²) >= 11 is -0.713. The first kappa shape index (κ1) is 27.0. The van der Waals surface area contributed by atoms with Crippen LogP contribution in [0.25, 0.3) is 0 Å². The molecule has 14 heteroatoms. The van der Waals surface area contributed by atoms with E-state index in [1.54, 1.807) is 31.1 Å². The lowest BCUT2D eigenvalue weighted by Crippen LogP contribution is -2.53. The summed E-state index contributed by atoms with van der Waals surface area (Å²) in [6.07, 6.45) is 5.06. The van der Waals surface area contributed by atoms with Crippen molar-refractivity contribution in [1.82, 2.24) is 14.9 Å². The smallest absolute Gasteiger partial charge is 0.293 e. The van der Waals surface area contributed by atoms with Gasteiger partial charge in [-0.15, -0.1) is 0 Å². The van der Waals surface area contributed by atoms with Gasteiger partial charge in [0.15, 0.2) is 29.0 Å². The normalized spacial score (nSPS) is 20.2. The zero-order chi connectivity index (χ0) is 26.7. The summed E-state index contributed by atoms with van der Waals surface area (Å²) in [5.41, 5.74) is 0.530. The number of likely N-dealkylation sites (tertiary alicyclic amines) is 1. The summed E-state index contributed by atoms with van der Waals surface area (Å²) < 4.78 is 78.2. The molecular weight excluding hydrogens is 616 g/mol. The standard InChI is InChI=1S/C23H21F5IN5O3/c1-13(33-6-4-23(27,28)15(12-33)14-3-5-34(36-2)29-9-14)22(35)32-20-10-31-21(11-30-20)37-19-8-17(25)16(24)7-18(19)26/h3,5,7-11,13,15H,4,6,12H2,1-2H3/p+1/t13-,15+/m0/s1. The van der Waals surface area contributed by atoms with Gasteiger partial charge in [-0.1, -0.05) is 0 Å². The van der Waals surface area contributed by atoms with Crippen molar-refractivity contribution in [2.75, 3.05) is 25.5 Å². The van der Waals surface area contributed by atoms with E-state index < -0.39 is 68.0 Å². The minimum atomic E-state index is -2.91. The van der Waals surface area contributed by atoms with Crippen molar-refractivity contribution in [2.45, 2.75) is 25.3 Å². The predicted octanol–water partition coefficient (Wildman–Crippen LogP) is 4.24. The van der Waals surface area contributed by atoms with Crippen LogP contribution >= 0.6 is 21.0 Å². The number of halogens is 6. The molecule has 2 aliphatic rings. The molecule has 1 amide bonds.